The van der Waals surface area contributed by atoms with Crippen LogP contribution in [0.15, 0.2) is 47.9 Å². The molecule has 38 heavy (non-hydrogen) atoms. The molecule has 2 saturated heterocycles. The smallest absolute Gasteiger partial charge is 0.349 e. The summed E-state index contributed by atoms with van der Waals surface area (Å²) in [4.78, 5) is -1.11. The molecular formula is C29H50O6SSi2. The molecule has 9 heteroatoms. The molecule has 1 aromatic rings. The molecule has 0 saturated carbocycles. The molecule has 0 N–H and O–H groups in total. The van der Waals surface area contributed by atoms with Crippen molar-refractivity contribution in [2.24, 2.45) is 0 Å². The number of benzene rings is 1. The molecule has 0 radical (unpaired) electrons. The van der Waals surface area contributed by atoms with Crippen molar-refractivity contribution in [2.45, 2.75) is 132 Å². The van der Waals surface area contributed by atoms with Gasteiger partial charge in [-0.25, -0.2) is 8.42 Å². The molecule has 2 aliphatic rings. The maximum atomic E-state index is 14.1. The Hall–Kier alpha value is -0.816. The lowest BCUT2D eigenvalue weighted by atomic mass is 10.1. The first kappa shape index (κ1) is 31.7. The Morgan fingerprint density at radius 2 is 1.61 bits per heavy atom. The predicted molar refractivity (Wildman–Crippen MR) is 159 cm³/mol. The molecule has 2 fully saturated rings. The zero-order chi connectivity index (χ0) is 28.6. The van der Waals surface area contributed by atoms with Crippen molar-refractivity contribution in [3.05, 3.63) is 43.0 Å². The predicted octanol–water partition coefficient (Wildman–Crippen LogP) is 7.37. The second-order valence-corrected chi connectivity index (χ2v) is 24.6. The zero-order valence-electron chi connectivity index (χ0n) is 25.0. The molecule has 0 amide bonds. The van der Waals surface area contributed by atoms with Crippen molar-refractivity contribution in [3.63, 3.8) is 0 Å². The molecule has 4 atom stereocenters. The maximum Gasteiger partial charge on any atom is 0.349 e. The van der Waals surface area contributed by atoms with E-state index < -0.39 is 43.9 Å². The quantitative estimate of drug-likeness (QED) is 0.154. The van der Waals surface area contributed by atoms with Crippen LogP contribution >= 0.6 is 0 Å². The maximum absolute atomic E-state index is 14.1. The number of rotatable bonds is 11. The van der Waals surface area contributed by atoms with Crippen LogP contribution in [-0.2, 0) is 27.9 Å². The first-order valence-electron chi connectivity index (χ1n) is 14.2. The first-order chi connectivity index (χ1) is 17.6. The molecule has 2 heterocycles. The summed E-state index contributed by atoms with van der Waals surface area (Å²) >= 11 is 0. The normalized spacial score (nSPS) is 28.2. The molecule has 3 rings (SSSR count). The van der Waals surface area contributed by atoms with Crippen LogP contribution < -0.4 is 0 Å². The van der Waals surface area contributed by atoms with Crippen molar-refractivity contribution in [1.29, 1.82) is 0 Å². The Morgan fingerprint density at radius 3 is 2.08 bits per heavy atom. The van der Waals surface area contributed by atoms with Gasteiger partial charge in [0, 0.05) is 16.5 Å². The minimum atomic E-state index is -3.81. The van der Waals surface area contributed by atoms with E-state index in [0.717, 1.165) is 18.1 Å². The third-order valence-electron chi connectivity index (χ3n) is 8.64. The summed E-state index contributed by atoms with van der Waals surface area (Å²) in [6.07, 6.45) is 1.13. The largest absolute Gasteiger partial charge is 0.409 e. The number of epoxide rings is 1. The average Bonchev–Trinajstić information content (AvgIpc) is 3.56. The summed E-state index contributed by atoms with van der Waals surface area (Å²) in [6.45, 7) is 23.9. The molecular weight excluding hydrogens is 533 g/mol. The number of hydrogen-bond donors (Lipinski definition) is 0. The topological polar surface area (TPSA) is 74.4 Å². The zero-order valence-corrected chi connectivity index (χ0v) is 27.8. The third-order valence-corrected chi connectivity index (χ3v) is 20.8. The summed E-state index contributed by atoms with van der Waals surface area (Å²) in [5.74, 6) is 0. The lowest BCUT2D eigenvalue weighted by Gasteiger charge is -2.55. The number of hydrogen-bond acceptors (Lipinski definition) is 6. The van der Waals surface area contributed by atoms with E-state index in [2.05, 4.69) is 68.9 Å². The van der Waals surface area contributed by atoms with Gasteiger partial charge >= 0.3 is 8.56 Å². The van der Waals surface area contributed by atoms with Gasteiger partial charge in [0.25, 0.3) is 0 Å². The van der Waals surface area contributed by atoms with Crippen LogP contribution in [0.4, 0.5) is 0 Å². The summed E-state index contributed by atoms with van der Waals surface area (Å²) < 4.78 is 55.4. The fourth-order valence-corrected chi connectivity index (χ4v) is 16.1. The van der Waals surface area contributed by atoms with Crippen LogP contribution in [-0.4, -0.2) is 55.1 Å². The fraction of sp³-hybridized carbons (Fsp3) is 0.724. The van der Waals surface area contributed by atoms with Gasteiger partial charge in [-0.1, -0.05) is 86.6 Å². The highest BCUT2D eigenvalue weighted by Gasteiger charge is 2.69. The summed E-state index contributed by atoms with van der Waals surface area (Å²) in [6, 6.07) is 11.6. The molecule has 216 valence electrons. The van der Waals surface area contributed by atoms with E-state index in [0.29, 0.717) is 13.0 Å². The van der Waals surface area contributed by atoms with Gasteiger partial charge in [-0.2, -0.15) is 0 Å². The van der Waals surface area contributed by atoms with Crippen molar-refractivity contribution >= 4 is 26.7 Å². The molecule has 1 aromatic carbocycles. The Kier molecular flexibility index (Phi) is 9.36. The summed E-state index contributed by atoms with van der Waals surface area (Å²) in [7, 11) is -8.73. The van der Waals surface area contributed by atoms with E-state index in [4.69, 9.17) is 18.0 Å². The van der Waals surface area contributed by atoms with Gasteiger partial charge in [0.05, 0.1) is 23.7 Å². The van der Waals surface area contributed by atoms with Gasteiger partial charge in [0.15, 0.2) is 8.32 Å². The van der Waals surface area contributed by atoms with E-state index in [1.54, 1.807) is 30.3 Å². The molecule has 2 aliphatic heterocycles. The highest BCUT2D eigenvalue weighted by atomic mass is 32.2. The van der Waals surface area contributed by atoms with Crippen LogP contribution in [0, 0.1) is 0 Å². The lowest BCUT2D eigenvalue weighted by molar-refractivity contribution is -0.0740. The molecule has 6 nitrogen and oxygen atoms in total. The third kappa shape index (κ3) is 5.54. The van der Waals surface area contributed by atoms with Crippen molar-refractivity contribution in [1.82, 2.24) is 0 Å². The van der Waals surface area contributed by atoms with Crippen molar-refractivity contribution < 1.29 is 26.4 Å². The Balaban J connectivity index is 2.11. The van der Waals surface area contributed by atoms with Gasteiger partial charge < -0.3 is 18.0 Å². The second-order valence-electron chi connectivity index (χ2n) is 12.9. The SMILES string of the molecule is C=CCC1OC1(C[C@@H]1O[Si](C(C)(C)C)(C(C)(C)C)OC[C@H]1O[Si](CC)(CC)CC)S(=O)(=O)c1ccccc1. The standard InChI is InChI=1S/C29H50O6SSi2/c1-11-18-26-29(33-26,36(30,31)23-19-16-15-17-20-23)21-24-25(34-37(12-2,13-3)14-4)22-32-38(35-24,27(5,6)7)28(8,9)10/h11,15-17,19-20,24-26H,1,12-14,18,21-22H2,2-10H3/t24-,25+,26?,29?/m0/s1. The van der Waals surface area contributed by atoms with E-state index >= 15 is 0 Å². The fourth-order valence-electron chi connectivity index (χ4n) is 6.34. The monoisotopic (exact) mass is 582 g/mol. The average molecular weight is 583 g/mol. The minimum Gasteiger partial charge on any atom is -0.409 e. The van der Waals surface area contributed by atoms with Crippen molar-refractivity contribution in [2.75, 3.05) is 6.61 Å². The first-order valence-corrected chi connectivity index (χ1v) is 20.0. The number of sulfone groups is 1. The van der Waals surface area contributed by atoms with Crippen LogP contribution in [0.2, 0.25) is 28.2 Å². The highest BCUT2D eigenvalue weighted by molar-refractivity contribution is 7.93. The molecule has 0 bridgehead atoms. The van der Waals surface area contributed by atoms with Gasteiger partial charge in [-0.05, 0) is 36.7 Å². The van der Waals surface area contributed by atoms with Crippen LogP contribution in [0.3, 0.4) is 0 Å². The van der Waals surface area contributed by atoms with Crippen LogP contribution in [0.1, 0.15) is 75.2 Å². The van der Waals surface area contributed by atoms with E-state index in [-0.39, 0.29) is 27.5 Å². The highest BCUT2D eigenvalue weighted by Crippen LogP contribution is 2.57. The van der Waals surface area contributed by atoms with E-state index in [1.165, 1.54) is 0 Å². The van der Waals surface area contributed by atoms with Gasteiger partial charge in [-0.15, -0.1) is 6.58 Å². The van der Waals surface area contributed by atoms with Crippen LogP contribution in [0.5, 0.6) is 0 Å². The number of ether oxygens (including phenoxy) is 1. The molecule has 0 spiro atoms. The minimum absolute atomic E-state index is 0.208. The lowest BCUT2D eigenvalue weighted by Crippen LogP contribution is -2.66. The summed E-state index contributed by atoms with van der Waals surface area (Å²) in [5, 5.41) is -0.473. The van der Waals surface area contributed by atoms with E-state index in [1.807, 2.05) is 6.07 Å². The van der Waals surface area contributed by atoms with Gasteiger partial charge in [0.2, 0.25) is 14.8 Å². The molecule has 0 aromatic heterocycles. The Labute approximate surface area is 233 Å². The van der Waals surface area contributed by atoms with E-state index in [9.17, 15) is 8.42 Å². The molecule has 2 unspecified atom stereocenters. The van der Waals surface area contributed by atoms with Crippen molar-refractivity contribution in [3.8, 4) is 0 Å². The summed E-state index contributed by atoms with van der Waals surface area (Å²) in [5.41, 5.74) is 0. The second kappa shape index (κ2) is 11.2. The van der Waals surface area contributed by atoms with Gasteiger partial charge in [0.1, 0.15) is 6.10 Å². The van der Waals surface area contributed by atoms with Crippen LogP contribution in [0.25, 0.3) is 0 Å². The van der Waals surface area contributed by atoms with Gasteiger partial charge in [-0.3, -0.25) is 0 Å². The molecule has 0 aliphatic carbocycles. The Morgan fingerprint density at radius 1 is 1.05 bits per heavy atom. The Bertz CT molecular complexity index is 1040.